The molecule has 0 radical (unpaired) electrons. The number of likely N-dealkylation sites (tertiary alicyclic amines) is 1. The van der Waals surface area contributed by atoms with E-state index in [1.165, 1.54) is 11.1 Å². The summed E-state index contributed by atoms with van der Waals surface area (Å²) in [5.74, 6) is 0.130. The molecule has 1 saturated heterocycles. The van der Waals surface area contributed by atoms with Crippen LogP contribution in [0.25, 0.3) is 5.69 Å². The van der Waals surface area contributed by atoms with Gasteiger partial charge in [0.25, 0.3) is 5.91 Å². The molecule has 2 heterocycles. The molecule has 0 spiro atoms. The van der Waals surface area contributed by atoms with Crippen LogP contribution in [0.5, 0.6) is 0 Å². The van der Waals surface area contributed by atoms with Crippen LogP contribution in [0.2, 0.25) is 0 Å². The average molecular weight is 325 g/mol. The summed E-state index contributed by atoms with van der Waals surface area (Å²) in [6, 6.07) is 8.75. The summed E-state index contributed by atoms with van der Waals surface area (Å²) in [7, 11) is 0. The van der Waals surface area contributed by atoms with Gasteiger partial charge in [-0.15, -0.1) is 0 Å². The average Bonchev–Trinajstić information content (AvgIpc) is 2.81. The van der Waals surface area contributed by atoms with Crippen LogP contribution in [-0.4, -0.2) is 34.5 Å². The number of amides is 1. The molecule has 0 bridgehead atoms. The van der Waals surface area contributed by atoms with Crippen molar-refractivity contribution in [1.82, 2.24) is 9.47 Å². The van der Waals surface area contributed by atoms with Crippen LogP contribution in [0.1, 0.15) is 45.7 Å². The van der Waals surface area contributed by atoms with Gasteiger partial charge in [0, 0.05) is 36.2 Å². The number of nitrogens with two attached hydrogens (primary N) is 1. The number of carbonyl (C=O) groups is 1. The quantitative estimate of drug-likeness (QED) is 0.921. The van der Waals surface area contributed by atoms with Gasteiger partial charge in [-0.05, 0) is 69.9 Å². The molecule has 4 heteroatoms. The molecule has 0 atom stereocenters. The first-order valence-corrected chi connectivity index (χ1v) is 8.69. The van der Waals surface area contributed by atoms with Gasteiger partial charge in [0.1, 0.15) is 0 Å². The van der Waals surface area contributed by atoms with E-state index in [0.717, 1.165) is 48.6 Å². The van der Waals surface area contributed by atoms with E-state index in [-0.39, 0.29) is 11.9 Å². The second kappa shape index (κ2) is 6.44. The van der Waals surface area contributed by atoms with Gasteiger partial charge in [-0.2, -0.15) is 0 Å². The molecule has 24 heavy (non-hydrogen) atoms. The lowest BCUT2D eigenvalue weighted by Crippen LogP contribution is -2.42. The molecule has 0 saturated carbocycles. The SMILES string of the molecule is Cc1cc(C)cc(-n2c(C)cc(C(=O)N3CCC(N)CC3)c2C)c1. The molecule has 1 fully saturated rings. The highest BCUT2D eigenvalue weighted by atomic mass is 16.2. The summed E-state index contributed by atoms with van der Waals surface area (Å²) < 4.78 is 2.18. The first-order chi connectivity index (χ1) is 11.4. The van der Waals surface area contributed by atoms with E-state index in [1.807, 2.05) is 17.9 Å². The maximum atomic E-state index is 12.9. The first kappa shape index (κ1) is 16.8. The molecule has 1 amide bonds. The molecule has 2 aromatic rings. The second-order valence-corrected chi connectivity index (χ2v) is 7.10. The fourth-order valence-corrected chi connectivity index (χ4v) is 3.73. The van der Waals surface area contributed by atoms with E-state index in [2.05, 4.69) is 43.5 Å². The van der Waals surface area contributed by atoms with Gasteiger partial charge < -0.3 is 15.2 Å². The van der Waals surface area contributed by atoms with E-state index in [0.29, 0.717) is 0 Å². The summed E-state index contributed by atoms with van der Waals surface area (Å²) >= 11 is 0. The van der Waals surface area contributed by atoms with Crippen LogP contribution in [0.4, 0.5) is 0 Å². The Morgan fingerprint density at radius 3 is 2.17 bits per heavy atom. The largest absolute Gasteiger partial charge is 0.338 e. The van der Waals surface area contributed by atoms with Crippen molar-refractivity contribution in [2.24, 2.45) is 5.73 Å². The van der Waals surface area contributed by atoms with Crippen molar-refractivity contribution in [3.05, 3.63) is 52.3 Å². The van der Waals surface area contributed by atoms with Crippen LogP contribution in [0.15, 0.2) is 24.3 Å². The zero-order chi connectivity index (χ0) is 17.4. The molecule has 4 nitrogen and oxygen atoms in total. The van der Waals surface area contributed by atoms with Crippen molar-refractivity contribution in [2.45, 2.75) is 46.6 Å². The molecular formula is C20H27N3O. The Bertz CT molecular complexity index is 747. The molecule has 1 aliphatic heterocycles. The van der Waals surface area contributed by atoms with E-state index >= 15 is 0 Å². The fraction of sp³-hybridized carbons (Fsp3) is 0.450. The number of benzene rings is 1. The van der Waals surface area contributed by atoms with E-state index in [9.17, 15) is 4.79 Å². The van der Waals surface area contributed by atoms with Gasteiger partial charge in [-0.1, -0.05) is 6.07 Å². The zero-order valence-corrected chi connectivity index (χ0v) is 15.1. The van der Waals surface area contributed by atoms with Gasteiger partial charge in [0.2, 0.25) is 0 Å². The number of piperidine rings is 1. The van der Waals surface area contributed by atoms with E-state index < -0.39 is 0 Å². The third-order valence-electron chi connectivity index (χ3n) is 4.95. The minimum atomic E-state index is 0.130. The molecule has 2 N–H and O–H groups in total. The lowest BCUT2D eigenvalue weighted by Gasteiger charge is -2.30. The molecule has 1 aliphatic rings. The van der Waals surface area contributed by atoms with Crippen molar-refractivity contribution in [1.29, 1.82) is 0 Å². The first-order valence-electron chi connectivity index (χ1n) is 8.69. The molecular weight excluding hydrogens is 298 g/mol. The smallest absolute Gasteiger partial charge is 0.255 e. The number of aromatic nitrogens is 1. The summed E-state index contributed by atoms with van der Waals surface area (Å²) in [6.07, 6.45) is 1.78. The molecule has 0 aliphatic carbocycles. The summed E-state index contributed by atoms with van der Waals surface area (Å²) in [4.78, 5) is 14.9. The maximum Gasteiger partial charge on any atom is 0.255 e. The lowest BCUT2D eigenvalue weighted by atomic mass is 10.0. The Kier molecular flexibility index (Phi) is 4.50. The maximum absolute atomic E-state index is 12.9. The number of aryl methyl sites for hydroxylation is 3. The van der Waals surface area contributed by atoms with Crippen molar-refractivity contribution in [3.8, 4) is 5.69 Å². The number of hydrogen-bond donors (Lipinski definition) is 1. The van der Waals surface area contributed by atoms with Gasteiger partial charge in [0.15, 0.2) is 0 Å². The summed E-state index contributed by atoms with van der Waals surface area (Å²) in [5.41, 5.74) is 12.5. The number of carbonyl (C=O) groups excluding carboxylic acids is 1. The van der Waals surface area contributed by atoms with Crippen LogP contribution >= 0.6 is 0 Å². The third kappa shape index (κ3) is 3.11. The Morgan fingerprint density at radius 2 is 1.58 bits per heavy atom. The van der Waals surface area contributed by atoms with Crippen LogP contribution in [0.3, 0.4) is 0 Å². The van der Waals surface area contributed by atoms with E-state index in [1.54, 1.807) is 0 Å². The highest BCUT2D eigenvalue weighted by Gasteiger charge is 2.25. The van der Waals surface area contributed by atoms with Gasteiger partial charge in [0.05, 0.1) is 5.56 Å². The molecule has 1 aromatic carbocycles. The van der Waals surface area contributed by atoms with Crippen molar-refractivity contribution < 1.29 is 4.79 Å². The Balaban J connectivity index is 1.96. The predicted molar refractivity (Wildman–Crippen MR) is 97.8 cm³/mol. The van der Waals surface area contributed by atoms with Crippen LogP contribution in [0, 0.1) is 27.7 Å². The van der Waals surface area contributed by atoms with Crippen molar-refractivity contribution >= 4 is 5.91 Å². The normalized spacial score (nSPS) is 15.8. The number of nitrogens with zero attached hydrogens (tertiary/aromatic N) is 2. The Morgan fingerprint density at radius 1 is 1.00 bits per heavy atom. The fourth-order valence-electron chi connectivity index (χ4n) is 3.73. The number of hydrogen-bond acceptors (Lipinski definition) is 2. The monoisotopic (exact) mass is 325 g/mol. The van der Waals surface area contributed by atoms with Crippen LogP contribution < -0.4 is 5.73 Å². The van der Waals surface area contributed by atoms with E-state index in [4.69, 9.17) is 5.73 Å². The third-order valence-corrected chi connectivity index (χ3v) is 4.95. The molecule has 3 rings (SSSR count). The van der Waals surface area contributed by atoms with Gasteiger partial charge >= 0.3 is 0 Å². The molecule has 0 unspecified atom stereocenters. The van der Waals surface area contributed by atoms with Crippen molar-refractivity contribution in [3.63, 3.8) is 0 Å². The standard InChI is InChI=1S/C20H27N3O/c1-13-9-14(2)11-18(10-13)23-15(3)12-19(16(23)4)20(24)22-7-5-17(21)6-8-22/h9-12,17H,5-8,21H2,1-4H3. The minimum absolute atomic E-state index is 0.130. The topological polar surface area (TPSA) is 51.3 Å². The summed E-state index contributed by atoms with van der Waals surface area (Å²) in [6.45, 7) is 9.82. The van der Waals surface area contributed by atoms with Gasteiger partial charge in [-0.25, -0.2) is 0 Å². The highest BCUT2D eigenvalue weighted by Crippen LogP contribution is 2.24. The van der Waals surface area contributed by atoms with Crippen molar-refractivity contribution in [2.75, 3.05) is 13.1 Å². The number of rotatable bonds is 2. The Labute approximate surface area is 144 Å². The second-order valence-electron chi connectivity index (χ2n) is 7.10. The predicted octanol–water partition coefficient (Wildman–Crippen LogP) is 3.27. The zero-order valence-electron chi connectivity index (χ0n) is 15.1. The minimum Gasteiger partial charge on any atom is -0.338 e. The highest BCUT2D eigenvalue weighted by molar-refractivity contribution is 5.96. The Hall–Kier alpha value is -2.07. The summed E-state index contributed by atoms with van der Waals surface area (Å²) in [5, 5.41) is 0. The van der Waals surface area contributed by atoms with Crippen LogP contribution in [-0.2, 0) is 0 Å². The van der Waals surface area contributed by atoms with Gasteiger partial charge in [-0.3, -0.25) is 4.79 Å². The lowest BCUT2D eigenvalue weighted by molar-refractivity contribution is 0.0714. The molecule has 128 valence electrons. The molecule has 1 aromatic heterocycles.